The molecule has 1 rings (SSSR count). The summed E-state index contributed by atoms with van der Waals surface area (Å²) < 4.78 is 5.60. The molecule has 0 heterocycles. The quantitative estimate of drug-likeness (QED) is 0.375. The van der Waals surface area contributed by atoms with Crippen molar-refractivity contribution in [3.8, 4) is 5.75 Å². The Hall–Kier alpha value is -2.15. The number of hydrogen-bond acceptors (Lipinski definition) is 4. The van der Waals surface area contributed by atoms with Crippen LogP contribution in [0, 0.1) is 5.92 Å². The van der Waals surface area contributed by atoms with Crippen molar-refractivity contribution in [2.45, 2.75) is 46.5 Å². The van der Waals surface area contributed by atoms with Gasteiger partial charge in [-0.15, -0.1) is 0 Å². The molecule has 0 bridgehead atoms. The van der Waals surface area contributed by atoms with Gasteiger partial charge in [0, 0.05) is 12.0 Å². The summed E-state index contributed by atoms with van der Waals surface area (Å²) >= 11 is 5.01. The number of amides is 2. The highest BCUT2D eigenvalue weighted by atomic mass is 32.1. The molecule has 0 aliphatic carbocycles. The summed E-state index contributed by atoms with van der Waals surface area (Å²) in [5.74, 6) is 0.501. The number of ether oxygens (including phenoxy) is 1. The van der Waals surface area contributed by atoms with Crippen molar-refractivity contribution in [1.82, 2.24) is 16.2 Å². The van der Waals surface area contributed by atoms with E-state index in [-0.39, 0.29) is 16.9 Å². The summed E-state index contributed by atoms with van der Waals surface area (Å²) in [7, 11) is 0. The van der Waals surface area contributed by atoms with Gasteiger partial charge in [-0.25, -0.2) is 0 Å². The van der Waals surface area contributed by atoms with Crippen LogP contribution >= 0.6 is 12.2 Å². The monoisotopic (exact) mass is 365 g/mol. The molecule has 0 saturated carbocycles. The zero-order valence-corrected chi connectivity index (χ0v) is 15.9. The Kier molecular flexibility index (Phi) is 9.54. The maximum Gasteiger partial charge on any atom is 0.257 e. The third kappa shape index (κ3) is 9.05. The highest BCUT2D eigenvalue weighted by Gasteiger charge is 2.10. The third-order valence-corrected chi connectivity index (χ3v) is 3.43. The Labute approximate surface area is 154 Å². The molecule has 7 heteroatoms. The van der Waals surface area contributed by atoms with Crippen molar-refractivity contribution in [2.24, 2.45) is 5.92 Å². The van der Waals surface area contributed by atoms with Crippen molar-refractivity contribution < 1.29 is 14.3 Å². The Morgan fingerprint density at radius 1 is 1.20 bits per heavy atom. The summed E-state index contributed by atoms with van der Waals surface area (Å²) in [5.41, 5.74) is 5.44. The van der Waals surface area contributed by atoms with Gasteiger partial charge in [-0.1, -0.05) is 39.7 Å². The number of benzene rings is 1. The molecule has 3 N–H and O–H groups in total. The summed E-state index contributed by atoms with van der Waals surface area (Å²) in [4.78, 5) is 23.8. The van der Waals surface area contributed by atoms with E-state index in [9.17, 15) is 9.59 Å². The van der Waals surface area contributed by atoms with E-state index >= 15 is 0 Å². The predicted molar refractivity (Wildman–Crippen MR) is 102 cm³/mol. The van der Waals surface area contributed by atoms with Gasteiger partial charge in [0.2, 0.25) is 5.91 Å². The summed E-state index contributed by atoms with van der Waals surface area (Å²) in [6, 6.07) is 6.87. The lowest BCUT2D eigenvalue weighted by molar-refractivity contribution is -0.121. The van der Waals surface area contributed by atoms with E-state index in [4.69, 9.17) is 17.0 Å². The first kappa shape index (κ1) is 20.9. The molecule has 0 aromatic heterocycles. The zero-order valence-electron chi connectivity index (χ0n) is 15.1. The molecular weight excluding hydrogens is 338 g/mol. The Morgan fingerprint density at radius 2 is 1.96 bits per heavy atom. The largest absolute Gasteiger partial charge is 0.493 e. The maximum absolute atomic E-state index is 12.2. The third-order valence-electron chi connectivity index (χ3n) is 3.23. The highest BCUT2D eigenvalue weighted by Crippen LogP contribution is 2.14. The van der Waals surface area contributed by atoms with Crippen LogP contribution in [0.2, 0.25) is 0 Å². The molecule has 1 aromatic carbocycles. The molecule has 6 nitrogen and oxygen atoms in total. The minimum absolute atomic E-state index is 0.0438. The highest BCUT2D eigenvalue weighted by molar-refractivity contribution is 7.80. The molecule has 1 aromatic rings. The van der Waals surface area contributed by atoms with Gasteiger partial charge in [0.05, 0.1) is 6.61 Å². The van der Waals surface area contributed by atoms with E-state index in [1.807, 2.05) is 0 Å². The molecule has 0 radical (unpaired) electrons. The average molecular weight is 365 g/mol. The number of hydrazine groups is 1. The number of carbonyl (C=O) groups is 2. The summed E-state index contributed by atoms with van der Waals surface area (Å²) in [6.45, 7) is 6.76. The average Bonchev–Trinajstić information content (AvgIpc) is 2.58. The van der Waals surface area contributed by atoms with Gasteiger partial charge in [0.1, 0.15) is 5.75 Å². The summed E-state index contributed by atoms with van der Waals surface area (Å²) in [6.07, 6.45) is 3.30. The lowest BCUT2D eigenvalue weighted by atomic mass is 10.2. The second-order valence-electron chi connectivity index (χ2n) is 6.15. The predicted octanol–water partition coefficient (Wildman–Crippen LogP) is 2.94. The van der Waals surface area contributed by atoms with E-state index in [0.29, 0.717) is 30.3 Å². The number of carbonyl (C=O) groups excluding carboxylic acids is 2. The fourth-order valence-corrected chi connectivity index (χ4v) is 2.06. The molecule has 0 fully saturated rings. The molecule has 0 aliphatic rings. The van der Waals surface area contributed by atoms with Crippen molar-refractivity contribution in [2.75, 3.05) is 6.61 Å². The van der Waals surface area contributed by atoms with E-state index < -0.39 is 0 Å². The number of hydrogen-bond donors (Lipinski definition) is 3. The normalized spacial score (nSPS) is 10.2. The van der Waals surface area contributed by atoms with Crippen LogP contribution in [0.25, 0.3) is 0 Å². The molecule has 0 saturated heterocycles. The second-order valence-corrected chi connectivity index (χ2v) is 6.55. The van der Waals surface area contributed by atoms with Crippen molar-refractivity contribution >= 4 is 29.1 Å². The first-order chi connectivity index (χ1) is 11.9. The molecule has 0 aliphatic heterocycles. The molecule has 25 heavy (non-hydrogen) atoms. The van der Waals surface area contributed by atoms with Gasteiger partial charge in [-0.05, 0) is 42.8 Å². The van der Waals surface area contributed by atoms with Crippen LogP contribution in [0.3, 0.4) is 0 Å². The van der Waals surface area contributed by atoms with Gasteiger partial charge in [-0.2, -0.15) is 0 Å². The first-order valence-corrected chi connectivity index (χ1v) is 8.96. The standard InChI is InChI=1S/C18H27N3O3S/c1-4-5-6-10-16(22)20-21-18(25)19-17(23)14-8-7-9-15(11-14)24-12-13(2)3/h7-9,11,13H,4-6,10,12H2,1-3H3,(H,20,22)(H2,19,21,23,25). The zero-order chi connectivity index (χ0) is 18.7. The molecular formula is C18H27N3O3S. The molecule has 0 spiro atoms. The van der Waals surface area contributed by atoms with Crippen molar-refractivity contribution in [3.63, 3.8) is 0 Å². The van der Waals surface area contributed by atoms with Gasteiger partial charge < -0.3 is 4.74 Å². The van der Waals surface area contributed by atoms with Crippen LogP contribution in [-0.4, -0.2) is 23.5 Å². The minimum Gasteiger partial charge on any atom is -0.493 e. The smallest absolute Gasteiger partial charge is 0.257 e. The lowest BCUT2D eigenvalue weighted by Crippen LogP contribution is -2.48. The SMILES string of the molecule is CCCCCC(=O)NNC(=S)NC(=O)c1cccc(OCC(C)C)c1. The van der Waals surface area contributed by atoms with Crippen LogP contribution < -0.4 is 20.9 Å². The molecule has 138 valence electrons. The fourth-order valence-electron chi connectivity index (χ4n) is 1.92. The van der Waals surface area contributed by atoms with Gasteiger partial charge in [-0.3, -0.25) is 25.8 Å². The Balaban J connectivity index is 2.43. The van der Waals surface area contributed by atoms with Crippen molar-refractivity contribution in [1.29, 1.82) is 0 Å². The Bertz CT molecular complexity index is 591. The van der Waals surface area contributed by atoms with E-state index in [1.165, 1.54) is 0 Å². The number of rotatable bonds is 8. The number of unbranched alkanes of at least 4 members (excludes halogenated alkanes) is 2. The lowest BCUT2D eigenvalue weighted by Gasteiger charge is -2.12. The molecule has 0 unspecified atom stereocenters. The van der Waals surface area contributed by atoms with Gasteiger partial charge in [0.15, 0.2) is 5.11 Å². The van der Waals surface area contributed by atoms with Crippen LogP contribution in [0.1, 0.15) is 56.8 Å². The van der Waals surface area contributed by atoms with Crippen LogP contribution in [0.5, 0.6) is 5.75 Å². The number of nitrogens with one attached hydrogen (secondary N) is 3. The van der Waals surface area contributed by atoms with E-state index in [2.05, 4.69) is 36.9 Å². The maximum atomic E-state index is 12.2. The minimum atomic E-state index is -0.368. The van der Waals surface area contributed by atoms with Crippen LogP contribution in [-0.2, 0) is 4.79 Å². The molecule has 0 atom stereocenters. The number of thiocarbonyl (C=S) groups is 1. The van der Waals surface area contributed by atoms with Gasteiger partial charge >= 0.3 is 0 Å². The van der Waals surface area contributed by atoms with E-state index in [1.54, 1.807) is 24.3 Å². The Morgan fingerprint density at radius 3 is 2.64 bits per heavy atom. The molecule has 2 amide bonds. The van der Waals surface area contributed by atoms with E-state index in [0.717, 1.165) is 19.3 Å². The fraction of sp³-hybridized carbons (Fsp3) is 0.500. The van der Waals surface area contributed by atoms with Crippen LogP contribution in [0.4, 0.5) is 0 Å². The van der Waals surface area contributed by atoms with Crippen molar-refractivity contribution in [3.05, 3.63) is 29.8 Å². The first-order valence-electron chi connectivity index (χ1n) is 8.55. The topological polar surface area (TPSA) is 79.5 Å². The van der Waals surface area contributed by atoms with Gasteiger partial charge in [0.25, 0.3) is 5.91 Å². The van der Waals surface area contributed by atoms with Crippen LogP contribution in [0.15, 0.2) is 24.3 Å². The summed E-state index contributed by atoms with van der Waals surface area (Å²) in [5, 5.41) is 2.57. The second kappa shape index (κ2) is 11.4.